The number of aryl methyl sites for hydroxylation is 4. The zero-order valence-corrected chi connectivity index (χ0v) is 28.6. The minimum Gasteiger partial charge on any atom is -0.352 e. The van der Waals surface area contributed by atoms with Gasteiger partial charge in [-0.05, 0) is 75.4 Å². The Morgan fingerprint density at radius 3 is 2.06 bits per heavy atom. The summed E-state index contributed by atoms with van der Waals surface area (Å²) in [5.41, 5.74) is 5.89. The third-order valence-electron chi connectivity index (χ3n) is 8.92. The molecule has 47 heavy (non-hydrogen) atoms. The number of hydrogen-bond donors (Lipinski definition) is 1. The maximum Gasteiger partial charge on any atom is 0.264 e. The van der Waals surface area contributed by atoms with Crippen LogP contribution in [0.5, 0.6) is 0 Å². The molecule has 1 N–H and O–H groups in total. The highest BCUT2D eigenvalue weighted by atomic mass is 32.2. The van der Waals surface area contributed by atoms with E-state index in [0.29, 0.717) is 12.1 Å². The number of benzene rings is 4. The van der Waals surface area contributed by atoms with Crippen LogP contribution in [-0.4, -0.2) is 43.8 Å². The van der Waals surface area contributed by atoms with Gasteiger partial charge in [0.1, 0.15) is 12.6 Å². The number of amides is 2. The zero-order valence-electron chi connectivity index (χ0n) is 27.8. The summed E-state index contributed by atoms with van der Waals surface area (Å²) in [6, 6.07) is 28.9. The molecule has 0 radical (unpaired) electrons. The highest BCUT2D eigenvalue weighted by Gasteiger charge is 2.36. The number of carbonyl (C=O) groups excluding carboxylic acids is 2. The van der Waals surface area contributed by atoms with Gasteiger partial charge in [0.15, 0.2) is 0 Å². The van der Waals surface area contributed by atoms with Gasteiger partial charge in [-0.1, -0.05) is 108 Å². The lowest BCUT2D eigenvalue weighted by Gasteiger charge is -2.34. The van der Waals surface area contributed by atoms with E-state index in [1.165, 1.54) is 4.31 Å². The van der Waals surface area contributed by atoms with Crippen LogP contribution >= 0.6 is 0 Å². The molecular weight excluding hydrogens is 607 g/mol. The molecule has 2 amide bonds. The Labute approximate surface area is 279 Å². The van der Waals surface area contributed by atoms with Crippen LogP contribution in [0, 0.1) is 27.7 Å². The molecule has 0 aliphatic heterocycles. The largest absolute Gasteiger partial charge is 0.352 e. The predicted molar refractivity (Wildman–Crippen MR) is 188 cm³/mol. The zero-order chi connectivity index (χ0) is 33.6. The van der Waals surface area contributed by atoms with Crippen LogP contribution in [0.3, 0.4) is 0 Å². The molecule has 4 aromatic rings. The van der Waals surface area contributed by atoms with E-state index in [4.69, 9.17) is 0 Å². The van der Waals surface area contributed by atoms with Crippen LogP contribution in [0.15, 0.2) is 102 Å². The summed E-state index contributed by atoms with van der Waals surface area (Å²) in [5, 5.41) is 3.23. The fourth-order valence-corrected chi connectivity index (χ4v) is 7.84. The van der Waals surface area contributed by atoms with E-state index in [-0.39, 0.29) is 23.4 Å². The summed E-state index contributed by atoms with van der Waals surface area (Å²) < 4.78 is 29.9. The van der Waals surface area contributed by atoms with Crippen molar-refractivity contribution in [3.05, 3.63) is 130 Å². The van der Waals surface area contributed by atoms with E-state index >= 15 is 0 Å². The van der Waals surface area contributed by atoms with Crippen LogP contribution in [0.25, 0.3) is 0 Å². The molecule has 1 saturated carbocycles. The molecule has 7 nitrogen and oxygen atoms in total. The van der Waals surface area contributed by atoms with Crippen molar-refractivity contribution in [2.45, 2.75) is 83.3 Å². The Morgan fingerprint density at radius 1 is 0.766 bits per heavy atom. The highest BCUT2D eigenvalue weighted by Crippen LogP contribution is 2.29. The third-order valence-corrected chi connectivity index (χ3v) is 10.7. The molecule has 0 bridgehead atoms. The fraction of sp³-hybridized carbons (Fsp3) is 0.333. The first-order chi connectivity index (χ1) is 22.5. The van der Waals surface area contributed by atoms with E-state index in [0.717, 1.165) is 59.1 Å². The molecule has 0 unspecified atom stereocenters. The maximum atomic E-state index is 14.7. The molecular formula is C39H45N3O4S. The van der Waals surface area contributed by atoms with Gasteiger partial charge in [0.05, 0.1) is 10.6 Å². The number of hydrogen-bond acceptors (Lipinski definition) is 4. The van der Waals surface area contributed by atoms with Crippen molar-refractivity contribution in [2.75, 3.05) is 10.8 Å². The number of nitrogens with one attached hydrogen (secondary N) is 1. The minimum atomic E-state index is -4.15. The Bertz CT molecular complexity index is 1800. The number of rotatable bonds is 12. The standard InChI is InChI=1S/C39H45N3O4S/c1-28-17-20-35(21-18-28)47(45,46)42(36-22-19-30(3)23-31(36)4)27-38(43)41(26-33-14-10-11-29(2)24-33)37(25-32-12-6-5-7-13-32)39(44)40-34-15-8-9-16-34/h5-7,10-14,17-24,34,37H,8-9,15-16,25-27H2,1-4H3,(H,40,44)/t37-/m1/s1. The van der Waals surface area contributed by atoms with E-state index in [1.807, 2.05) is 94.4 Å². The smallest absolute Gasteiger partial charge is 0.264 e. The Hall–Kier alpha value is -4.43. The van der Waals surface area contributed by atoms with Crippen molar-refractivity contribution in [2.24, 2.45) is 0 Å². The van der Waals surface area contributed by atoms with Gasteiger partial charge < -0.3 is 10.2 Å². The summed E-state index contributed by atoms with van der Waals surface area (Å²) in [5.74, 6) is -0.675. The Morgan fingerprint density at radius 2 is 1.40 bits per heavy atom. The van der Waals surface area contributed by atoms with Crippen molar-refractivity contribution in [3.63, 3.8) is 0 Å². The van der Waals surface area contributed by atoms with Gasteiger partial charge in [0.2, 0.25) is 11.8 Å². The fourth-order valence-electron chi connectivity index (χ4n) is 6.36. The number of nitrogens with zero attached hydrogens (tertiary/aromatic N) is 2. The van der Waals surface area contributed by atoms with E-state index in [9.17, 15) is 18.0 Å². The van der Waals surface area contributed by atoms with Crippen molar-refractivity contribution in [3.8, 4) is 0 Å². The predicted octanol–water partition coefficient (Wildman–Crippen LogP) is 6.81. The SMILES string of the molecule is Cc1ccc(S(=O)(=O)N(CC(=O)N(Cc2cccc(C)c2)[C@H](Cc2ccccc2)C(=O)NC2CCCC2)c2ccc(C)cc2C)cc1. The minimum absolute atomic E-state index is 0.0605. The Balaban J connectivity index is 1.58. The van der Waals surface area contributed by atoms with E-state index in [2.05, 4.69) is 5.32 Å². The molecule has 246 valence electrons. The van der Waals surface area contributed by atoms with Crippen LogP contribution in [0.2, 0.25) is 0 Å². The molecule has 1 atom stereocenters. The quantitative estimate of drug-likeness (QED) is 0.182. The molecule has 0 heterocycles. The second kappa shape index (κ2) is 15.0. The summed E-state index contributed by atoms with van der Waals surface area (Å²) in [6.07, 6.45) is 4.23. The first-order valence-electron chi connectivity index (χ1n) is 16.4. The molecule has 1 aliphatic carbocycles. The first-order valence-corrected chi connectivity index (χ1v) is 17.8. The molecule has 1 fully saturated rings. The van der Waals surface area contributed by atoms with Gasteiger partial charge in [-0.2, -0.15) is 0 Å². The maximum absolute atomic E-state index is 14.7. The second-order valence-corrected chi connectivity index (χ2v) is 14.7. The van der Waals surface area contributed by atoms with Crippen LogP contribution in [0.4, 0.5) is 5.69 Å². The van der Waals surface area contributed by atoms with Gasteiger partial charge >= 0.3 is 0 Å². The molecule has 0 aromatic heterocycles. The number of anilines is 1. The van der Waals surface area contributed by atoms with Crippen LogP contribution in [-0.2, 0) is 32.6 Å². The topological polar surface area (TPSA) is 86.8 Å². The molecule has 0 saturated heterocycles. The monoisotopic (exact) mass is 651 g/mol. The summed E-state index contributed by atoms with van der Waals surface area (Å²) in [6.45, 7) is 7.37. The first kappa shape index (κ1) is 33.9. The van der Waals surface area contributed by atoms with Crippen molar-refractivity contribution in [1.82, 2.24) is 10.2 Å². The van der Waals surface area contributed by atoms with Gasteiger partial charge in [-0.25, -0.2) is 8.42 Å². The lowest BCUT2D eigenvalue weighted by molar-refractivity contribution is -0.140. The van der Waals surface area contributed by atoms with E-state index < -0.39 is 28.5 Å². The van der Waals surface area contributed by atoms with Gasteiger partial charge in [0.25, 0.3) is 10.0 Å². The van der Waals surface area contributed by atoms with Crippen molar-refractivity contribution >= 4 is 27.5 Å². The molecule has 8 heteroatoms. The average molecular weight is 652 g/mol. The van der Waals surface area contributed by atoms with Crippen molar-refractivity contribution < 1.29 is 18.0 Å². The lowest BCUT2D eigenvalue weighted by atomic mass is 10.0. The van der Waals surface area contributed by atoms with E-state index in [1.54, 1.807) is 35.2 Å². The Kier molecular flexibility index (Phi) is 10.8. The van der Waals surface area contributed by atoms with Gasteiger partial charge in [-0.15, -0.1) is 0 Å². The number of sulfonamides is 1. The van der Waals surface area contributed by atoms with Gasteiger partial charge in [0, 0.05) is 19.0 Å². The third kappa shape index (κ3) is 8.49. The second-order valence-electron chi connectivity index (χ2n) is 12.8. The summed E-state index contributed by atoms with van der Waals surface area (Å²) in [7, 11) is -4.15. The lowest BCUT2D eigenvalue weighted by Crippen LogP contribution is -2.54. The van der Waals surface area contributed by atoms with Gasteiger partial charge in [-0.3, -0.25) is 13.9 Å². The normalized spacial score (nSPS) is 14.0. The average Bonchev–Trinajstić information content (AvgIpc) is 3.55. The molecule has 4 aromatic carbocycles. The van der Waals surface area contributed by atoms with Crippen LogP contribution < -0.4 is 9.62 Å². The summed E-state index contributed by atoms with van der Waals surface area (Å²) >= 11 is 0. The number of carbonyl (C=O) groups is 2. The summed E-state index contributed by atoms with van der Waals surface area (Å²) in [4.78, 5) is 30.6. The molecule has 1 aliphatic rings. The highest BCUT2D eigenvalue weighted by molar-refractivity contribution is 7.92. The van der Waals surface area contributed by atoms with Crippen molar-refractivity contribution in [1.29, 1.82) is 0 Å². The molecule has 5 rings (SSSR count). The van der Waals surface area contributed by atoms with Crippen LogP contribution in [0.1, 0.15) is 59.1 Å². The molecule has 0 spiro atoms.